The molecular formula is C21H22O4. The first-order chi connectivity index (χ1) is 11.8. The molecule has 4 nitrogen and oxygen atoms in total. The quantitative estimate of drug-likeness (QED) is 0.851. The summed E-state index contributed by atoms with van der Waals surface area (Å²) in [5.41, 5.74) is -0.752. The minimum Gasteiger partial charge on any atom is -0.481 e. The lowest BCUT2D eigenvalue weighted by Crippen LogP contribution is -2.25. The summed E-state index contributed by atoms with van der Waals surface area (Å²) >= 11 is 0. The smallest absolute Gasteiger partial charge is 0.311 e. The van der Waals surface area contributed by atoms with Crippen LogP contribution in [-0.4, -0.2) is 16.9 Å². The Morgan fingerprint density at radius 3 is 2.24 bits per heavy atom. The zero-order valence-corrected chi connectivity index (χ0v) is 14.7. The molecule has 1 fully saturated rings. The van der Waals surface area contributed by atoms with Crippen molar-refractivity contribution in [3.63, 3.8) is 0 Å². The number of hydrogen-bond acceptors (Lipinski definition) is 3. The van der Waals surface area contributed by atoms with E-state index < -0.39 is 22.7 Å². The molecule has 0 amide bonds. The molecule has 0 aromatic heterocycles. The van der Waals surface area contributed by atoms with Crippen LogP contribution < -0.4 is 4.74 Å². The molecular weight excluding hydrogens is 316 g/mol. The van der Waals surface area contributed by atoms with Crippen LogP contribution in [0.5, 0.6) is 11.5 Å². The Hall–Kier alpha value is -2.62. The van der Waals surface area contributed by atoms with Gasteiger partial charge >= 0.3 is 5.97 Å². The topological polar surface area (TPSA) is 63.6 Å². The van der Waals surface area contributed by atoms with Gasteiger partial charge in [-0.15, -0.1) is 0 Å². The fourth-order valence-corrected chi connectivity index (χ4v) is 4.18. The highest BCUT2D eigenvalue weighted by atomic mass is 16.5. The summed E-state index contributed by atoms with van der Waals surface area (Å²) in [4.78, 5) is 24.0. The van der Waals surface area contributed by atoms with Gasteiger partial charge in [-0.2, -0.15) is 0 Å². The molecule has 1 aliphatic carbocycles. The van der Waals surface area contributed by atoms with Crippen molar-refractivity contribution < 1.29 is 19.4 Å². The van der Waals surface area contributed by atoms with Gasteiger partial charge in [0.25, 0.3) is 0 Å². The van der Waals surface area contributed by atoms with E-state index in [9.17, 15) is 14.7 Å². The molecule has 0 spiro atoms. The van der Waals surface area contributed by atoms with Gasteiger partial charge in [0.15, 0.2) is 0 Å². The summed E-state index contributed by atoms with van der Waals surface area (Å²) in [5.74, 6) is -0.0598. The number of aliphatic carboxylic acids is 1. The Morgan fingerprint density at radius 1 is 1.04 bits per heavy atom. The molecule has 1 N–H and O–H groups in total. The molecule has 0 saturated heterocycles. The van der Waals surface area contributed by atoms with E-state index in [2.05, 4.69) is 0 Å². The monoisotopic (exact) mass is 338 g/mol. The van der Waals surface area contributed by atoms with Gasteiger partial charge in [-0.3, -0.25) is 9.59 Å². The zero-order valence-electron chi connectivity index (χ0n) is 14.7. The van der Waals surface area contributed by atoms with E-state index in [1.807, 2.05) is 68.4 Å². The predicted molar refractivity (Wildman–Crippen MR) is 94.7 cm³/mol. The number of hydrogen-bond donors (Lipinski definition) is 1. The van der Waals surface area contributed by atoms with Crippen LogP contribution in [0.15, 0.2) is 54.6 Å². The van der Waals surface area contributed by atoms with Crippen molar-refractivity contribution in [2.45, 2.75) is 27.2 Å². The van der Waals surface area contributed by atoms with Crippen LogP contribution in [0.1, 0.15) is 26.3 Å². The molecule has 2 aromatic rings. The first kappa shape index (κ1) is 17.2. The third-order valence-corrected chi connectivity index (χ3v) is 5.43. The van der Waals surface area contributed by atoms with Crippen LogP contribution in [-0.2, 0) is 16.0 Å². The summed E-state index contributed by atoms with van der Waals surface area (Å²) in [7, 11) is 0. The molecule has 130 valence electrons. The van der Waals surface area contributed by atoms with Crippen LogP contribution in [0.4, 0.5) is 0 Å². The average molecular weight is 338 g/mol. The maximum absolute atomic E-state index is 12.0. The van der Waals surface area contributed by atoms with E-state index in [1.54, 1.807) is 0 Å². The molecule has 0 radical (unpaired) electrons. The van der Waals surface area contributed by atoms with Crippen LogP contribution >= 0.6 is 0 Å². The second kappa shape index (κ2) is 6.03. The van der Waals surface area contributed by atoms with Crippen molar-refractivity contribution in [3.8, 4) is 11.5 Å². The number of carbonyl (C=O) groups is 2. The molecule has 2 atom stereocenters. The molecule has 25 heavy (non-hydrogen) atoms. The normalized spacial score (nSPS) is 23.7. The predicted octanol–water partition coefficient (Wildman–Crippen LogP) is 4.34. The SMILES string of the molecule is CC(=O)C1C(C)(C)C1(Cc1cccc(Oc2ccccc2)c1)C(=O)O. The third kappa shape index (κ3) is 2.82. The van der Waals surface area contributed by atoms with E-state index in [1.165, 1.54) is 6.92 Å². The lowest BCUT2D eigenvalue weighted by Gasteiger charge is -2.16. The summed E-state index contributed by atoms with van der Waals surface area (Å²) in [6.45, 7) is 5.20. The summed E-state index contributed by atoms with van der Waals surface area (Å²) in [6.07, 6.45) is 0.311. The first-order valence-corrected chi connectivity index (χ1v) is 8.35. The fraction of sp³-hybridized carbons (Fsp3) is 0.333. The highest BCUT2D eigenvalue weighted by molar-refractivity contribution is 5.95. The number of carboxylic acids is 1. The average Bonchev–Trinajstić information content (AvgIpc) is 3.05. The van der Waals surface area contributed by atoms with Crippen LogP contribution in [0, 0.1) is 16.7 Å². The molecule has 1 saturated carbocycles. The van der Waals surface area contributed by atoms with Gasteiger partial charge in [0.2, 0.25) is 0 Å². The van der Waals surface area contributed by atoms with Crippen molar-refractivity contribution in [3.05, 3.63) is 60.2 Å². The largest absolute Gasteiger partial charge is 0.481 e. The molecule has 2 unspecified atom stereocenters. The Balaban J connectivity index is 1.86. The van der Waals surface area contributed by atoms with Gasteiger partial charge < -0.3 is 9.84 Å². The number of Topliss-reactive ketones (excluding diaryl/α,β-unsaturated/α-hetero) is 1. The van der Waals surface area contributed by atoms with Gasteiger partial charge in [-0.25, -0.2) is 0 Å². The number of para-hydroxylation sites is 1. The lowest BCUT2D eigenvalue weighted by atomic mass is 9.88. The Labute approximate surface area is 147 Å². The van der Waals surface area contributed by atoms with Gasteiger partial charge in [0, 0.05) is 5.92 Å². The Kier molecular flexibility index (Phi) is 4.15. The second-order valence-electron chi connectivity index (χ2n) is 7.28. The van der Waals surface area contributed by atoms with E-state index >= 15 is 0 Å². The van der Waals surface area contributed by atoms with Crippen molar-refractivity contribution in [2.24, 2.45) is 16.7 Å². The minimum atomic E-state index is -1.05. The molecule has 2 aromatic carbocycles. The van der Waals surface area contributed by atoms with E-state index in [-0.39, 0.29) is 5.78 Å². The molecule has 0 aliphatic heterocycles. The number of rotatable bonds is 6. The lowest BCUT2D eigenvalue weighted by molar-refractivity contribution is -0.146. The van der Waals surface area contributed by atoms with E-state index in [0.29, 0.717) is 12.2 Å². The number of benzene rings is 2. The molecule has 1 aliphatic rings. The summed E-state index contributed by atoms with van der Waals surface area (Å²) < 4.78 is 5.83. The van der Waals surface area contributed by atoms with Crippen LogP contribution in [0.3, 0.4) is 0 Å². The Morgan fingerprint density at radius 2 is 1.68 bits per heavy atom. The fourth-order valence-electron chi connectivity index (χ4n) is 4.18. The standard InChI is InChI=1S/C21H22O4/c1-14(22)18-20(2,3)21(18,19(23)24)13-15-8-7-11-17(12-15)25-16-9-5-4-6-10-16/h4-12,18H,13H2,1-3H3,(H,23,24). The molecule has 0 heterocycles. The highest BCUT2D eigenvalue weighted by Crippen LogP contribution is 2.70. The van der Waals surface area contributed by atoms with Gasteiger partial charge in [0.05, 0.1) is 5.41 Å². The van der Waals surface area contributed by atoms with Gasteiger partial charge in [0.1, 0.15) is 17.3 Å². The van der Waals surface area contributed by atoms with E-state index in [4.69, 9.17) is 4.74 Å². The summed E-state index contributed by atoms with van der Waals surface area (Å²) in [5, 5.41) is 9.84. The number of carbonyl (C=O) groups excluding carboxylic acids is 1. The maximum Gasteiger partial charge on any atom is 0.311 e. The van der Waals surface area contributed by atoms with Gasteiger partial charge in [-0.1, -0.05) is 44.2 Å². The Bertz CT molecular complexity index is 810. The van der Waals surface area contributed by atoms with Gasteiger partial charge in [-0.05, 0) is 48.6 Å². The molecule has 3 rings (SSSR count). The summed E-state index contributed by atoms with van der Waals surface area (Å²) in [6, 6.07) is 16.8. The number of carboxylic acid groups (broad SMARTS) is 1. The second-order valence-corrected chi connectivity index (χ2v) is 7.28. The third-order valence-electron chi connectivity index (χ3n) is 5.43. The molecule has 4 heteroatoms. The first-order valence-electron chi connectivity index (χ1n) is 8.35. The van der Waals surface area contributed by atoms with Crippen molar-refractivity contribution >= 4 is 11.8 Å². The van der Waals surface area contributed by atoms with Crippen molar-refractivity contribution in [1.29, 1.82) is 0 Å². The van der Waals surface area contributed by atoms with Crippen molar-refractivity contribution in [2.75, 3.05) is 0 Å². The number of ether oxygens (including phenoxy) is 1. The number of ketones is 1. The van der Waals surface area contributed by atoms with Crippen molar-refractivity contribution in [1.82, 2.24) is 0 Å². The minimum absolute atomic E-state index is 0.0657. The maximum atomic E-state index is 12.0. The molecule has 0 bridgehead atoms. The zero-order chi connectivity index (χ0) is 18.2. The van der Waals surface area contributed by atoms with Crippen LogP contribution in [0.2, 0.25) is 0 Å². The highest BCUT2D eigenvalue weighted by Gasteiger charge is 2.77. The van der Waals surface area contributed by atoms with E-state index in [0.717, 1.165) is 11.3 Å². The van der Waals surface area contributed by atoms with Crippen LogP contribution in [0.25, 0.3) is 0 Å².